The molecule has 2 N–H and O–H groups in total. The molecule has 1 atom stereocenters. The van der Waals surface area contributed by atoms with Gasteiger partial charge < -0.3 is 19.9 Å². The molecule has 1 unspecified atom stereocenters. The number of aliphatic carboxylic acids is 1. The highest BCUT2D eigenvalue weighted by atomic mass is 16.5. The molecule has 6 heteroatoms. The topological polar surface area (TPSA) is 84.9 Å². The van der Waals surface area contributed by atoms with Gasteiger partial charge in [-0.15, -0.1) is 0 Å². The van der Waals surface area contributed by atoms with Crippen LogP contribution in [0.25, 0.3) is 0 Å². The summed E-state index contributed by atoms with van der Waals surface area (Å²) in [6.45, 7) is 3.84. The number of amides is 1. The molecule has 0 saturated carbocycles. The summed E-state index contributed by atoms with van der Waals surface area (Å²) < 4.78 is 10.0. The van der Waals surface area contributed by atoms with Gasteiger partial charge in [-0.25, -0.2) is 4.79 Å². The maximum absolute atomic E-state index is 11.6. The first-order valence-corrected chi connectivity index (χ1v) is 6.68. The summed E-state index contributed by atoms with van der Waals surface area (Å²) in [6, 6.07) is 6.36. The van der Waals surface area contributed by atoms with E-state index in [4.69, 9.17) is 14.6 Å². The Hall–Kier alpha value is -2.08. The van der Waals surface area contributed by atoms with E-state index in [9.17, 15) is 9.59 Å². The van der Waals surface area contributed by atoms with Crippen molar-refractivity contribution in [3.63, 3.8) is 0 Å². The lowest BCUT2D eigenvalue weighted by atomic mass is 10.0. The molecule has 1 amide bonds. The van der Waals surface area contributed by atoms with E-state index >= 15 is 0 Å². The number of carbonyl (C=O) groups excluding carboxylic acids is 1. The number of carboxylic acids is 1. The average molecular weight is 295 g/mol. The van der Waals surface area contributed by atoms with Crippen molar-refractivity contribution in [1.29, 1.82) is 0 Å². The Kier molecular flexibility index (Phi) is 6.68. The van der Waals surface area contributed by atoms with Crippen LogP contribution in [0, 0.1) is 0 Å². The van der Waals surface area contributed by atoms with Gasteiger partial charge in [-0.05, 0) is 23.6 Å². The Morgan fingerprint density at radius 3 is 2.33 bits per heavy atom. The number of ether oxygens (including phenoxy) is 2. The minimum Gasteiger partial charge on any atom is -0.484 e. The van der Waals surface area contributed by atoms with E-state index in [0.29, 0.717) is 11.7 Å². The van der Waals surface area contributed by atoms with Gasteiger partial charge in [0.2, 0.25) is 0 Å². The molecular formula is C15H21NO5. The Labute approximate surface area is 124 Å². The van der Waals surface area contributed by atoms with E-state index in [-0.39, 0.29) is 13.2 Å². The van der Waals surface area contributed by atoms with E-state index < -0.39 is 17.9 Å². The monoisotopic (exact) mass is 295 g/mol. The normalized spacial score (nSPS) is 12.0. The first-order valence-electron chi connectivity index (χ1n) is 6.68. The standard InChI is InChI=1S/C15H21NO5/c1-10(2)11-4-6-12(7-5-11)21-9-14(17)16-13(8-20-3)15(18)19/h4-7,10,13H,8-9H2,1-3H3,(H,16,17)(H,18,19). The molecule has 1 aromatic carbocycles. The quantitative estimate of drug-likeness (QED) is 0.757. The van der Waals surface area contributed by atoms with Gasteiger partial charge in [0.1, 0.15) is 5.75 Å². The number of carboxylic acid groups (broad SMARTS) is 1. The molecular weight excluding hydrogens is 274 g/mol. The van der Waals surface area contributed by atoms with Crippen molar-refractivity contribution in [2.24, 2.45) is 0 Å². The van der Waals surface area contributed by atoms with Crippen LogP contribution in [-0.4, -0.2) is 43.3 Å². The van der Waals surface area contributed by atoms with Crippen molar-refractivity contribution < 1.29 is 24.2 Å². The number of benzene rings is 1. The fourth-order valence-corrected chi connectivity index (χ4v) is 1.68. The molecule has 0 radical (unpaired) electrons. The van der Waals surface area contributed by atoms with Crippen LogP contribution in [0.5, 0.6) is 5.75 Å². The molecule has 1 aromatic rings. The third kappa shape index (κ3) is 5.83. The fraction of sp³-hybridized carbons (Fsp3) is 0.467. The van der Waals surface area contributed by atoms with E-state index in [1.165, 1.54) is 12.7 Å². The summed E-state index contributed by atoms with van der Waals surface area (Å²) in [4.78, 5) is 22.5. The summed E-state index contributed by atoms with van der Waals surface area (Å²) in [5.74, 6) is -0.667. The van der Waals surface area contributed by atoms with Gasteiger partial charge in [-0.1, -0.05) is 26.0 Å². The predicted molar refractivity (Wildman–Crippen MR) is 77.5 cm³/mol. The van der Waals surface area contributed by atoms with Gasteiger partial charge in [-0.2, -0.15) is 0 Å². The molecule has 0 spiro atoms. The van der Waals surface area contributed by atoms with E-state index in [0.717, 1.165) is 0 Å². The second-order valence-electron chi connectivity index (χ2n) is 4.93. The van der Waals surface area contributed by atoms with Gasteiger partial charge in [0.15, 0.2) is 12.6 Å². The van der Waals surface area contributed by atoms with Crippen LogP contribution in [0.2, 0.25) is 0 Å². The molecule has 0 aliphatic rings. The molecule has 6 nitrogen and oxygen atoms in total. The Balaban J connectivity index is 2.46. The zero-order chi connectivity index (χ0) is 15.8. The zero-order valence-electron chi connectivity index (χ0n) is 12.5. The number of carbonyl (C=O) groups is 2. The first-order chi connectivity index (χ1) is 9.93. The van der Waals surface area contributed by atoms with Gasteiger partial charge in [0.05, 0.1) is 6.61 Å². The molecule has 0 heterocycles. The second-order valence-corrected chi connectivity index (χ2v) is 4.93. The molecule has 1 rings (SSSR count). The van der Waals surface area contributed by atoms with Gasteiger partial charge in [0.25, 0.3) is 5.91 Å². The lowest BCUT2D eigenvalue weighted by molar-refractivity contribution is -0.143. The third-order valence-corrected chi connectivity index (χ3v) is 2.88. The minimum atomic E-state index is -1.15. The summed E-state index contributed by atoms with van der Waals surface area (Å²) in [5.41, 5.74) is 1.18. The first kappa shape index (κ1) is 17.0. The van der Waals surface area contributed by atoms with Crippen LogP contribution in [0.15, 0.2) is 24.3 Å². The Morgan fingerprint density at radius 1 is 1.24 bits per heavy atom. The second kappa shape index (κ2) is 8.26. The largest absolute Gasteiger partial charge is 0.484 e. The van der Waals surface area contributed by atoms with Crippen LogP contribution in [0.4, 0.5) is 0 Å². The van der Waals surface area contributed by atoms with Crippen molar-refractivity contribution in [2.45, 2.75) is 25.8 Å². The van der Waals surface area contributed by atoms with Crippen molar-refractivity contribution in [1.82, 2.24) is 5.32 Å². The highest BCUT2D eigenvalue weighted by Crippen LogP contribution is 2.18. The van der Waals surface area contributed by atoms with Crippen LogP contribution in [0.3, 0.4) is 0 Å². The number of hydrogen-bond acceptors (Lipinski definition) is 4. The SMILES string of the molecule is COCC(NC(=O)COc1ccc(C(C)C)cc1)C(=O)O. The molecule has 0 bridgehead atoms. The summed E-state index contributed by atoms with van der Waals surface area (Å²) in [5, 5.41) is 11.2. The minimum absolute atomic E-state index is 0.0931. The Bertz CT molecular complexity index is 469. The zero-order valence-corrected chi connectivity index (χ0v) is 12.5. The average Bonchev–Trinajstić information content (AvgIpc) is 2.45. The maximum atomic E-state index is 11.6. The van der Waals surface area contributed by atoms with Crippen molar-refractivity contribution in [3.05, 3.63) is 29.8 Å². The number of hydrogen-bond donors (Lipinski definition) is 2. The van der Waals surface area contributed by atoms with Crippen LogP contribution < -0.4 is 10.1 Å². The molecule has 0 fully saturated rings. The smallest absolute Gasteiger partial charge is 0.328 e. The van der Waals surface area contributed by atoms with Gasteiger partial charge in [-0.3, -0.25) is 4.79 Å². The fourth-order valence-electron chi connectivity index (χ4n) is 1.68. The van der Waals surface area contributed by atoms with E-state index in [1.54, 1.807) is 12.1 Å². The van der Waals surface area contributed by atoms with Crippen molar-refractivity contribution in [2.75, 3.05) is 20.3 Å². The Morgan fingerprint density at radius 2 is 1.86 bits per heavy atom. The highest BCUT2D eigenvalue weighted by Gasteiger charge is 2.19. The summed E-state index contributed by atoms with van der Waals surface area (Å²) in [7, 11) is 1.37. The predicted octanol–water partition coefficient (Wildman–Crippen LogP) is 1.40. The summed E-state index contributed by atoms with van der Waals surface area (Å²) in [6.07, 6.45) is 0. The van der Waals surface area contributed by atoms with Gasteiger partial charge >= 0.3 is 5.97 Å². The number of rotatable bonds is 8. The molecule has 0 aromatic heterocycles. The molecule has 0 aliphatic carbocycles. The lowest BCUT2D eigenvalue weighted by Gasteiger charge is -2.14. The van der Waals surface area contributed by atoms with E-state index in [1.807, 2.05) is 12.1 Å². The molecule has 0 aliphatic heterocycles. The van der Waals surface area contributed by atoms with Crippen LogP contribution in [-0.2, 0) is 14.3 Å². The highest BCUT2D eigenvalue weighted by molar-refractivity contribution is 5.84. The van der Waals surface area contributed by atoms with Crippen molar-refractivity contribution >= 4 is 11.9 Å². The maximum Gasteiger partial charge on any atom is 0.328 e. The van der Waals surface area contributed by atoms with Gasteiger partial charge in [0, 0.05) is 7.11 Å². The lowest BCUT2D eigenvalue weighted by Crippen LogP contribution is -2.45. The van der Waals surface area contributed by atoms with Crippen molar-refractivity contribution in [3.8, 4) is 5.75 Å². The molecule has 116 valence electrons. The number of nitrogens with one attached hydrogen (secondary N) is 1. The summed E-state index contributed by atoms with van der Waals surface area (Å²) >= 11 is 0. The number of methoxy groups -OCH3 is 1. The van der Waals surface area contributed by atoms with E-state index in [2.05, 4.69) is 19.2 Å². The molecule has 21 heavy (non-hydrogen) atoms. The van der Waals surface area contributed by atoms with Crippen LogP contribution in [0.1, 0.15) is 25.3 Å². The van der Waals surface area contributed by atoms with Crippen LogP contribution >= 0.6 is 0 Å². The third-order valence-electron chi connectivity index (χ3n) is 2.88. The molecule has 0 saturated heterocycles.